The fraction of sp³-hybridized carbons (Fsp3) is 0.567. The third-order valence-corrected chi connectivity index (χ3v) is 8.80. The van der Waals surface area contributed by atoms with Crippen LogP contribution in [0.4, 0.5) is 0 Å². The molecule has 1 saturated carbocycles. The summed E-state index contributed by atoms with van der Waals surface area (Å²) in [7, 11) is 0. The summed E-state index contributed by atoms with van der Waals surface area (Å²) in [5, 5.41) is 0. The molecule has 1 spiro atoms. The first-order valence-corrected chi connectivity index (χ1v) is 13.7. The number of benzene rings is 1. The van der Waals surface area contributed by atoms with Gasteiger partial charge in [0.25, 0.3) is 0 Å². The van der Waals surface area contributed by atoms with Gasteiger partial charge in [-0.2, -0.15) is 0 Å². The summed E-state index contributed by atoms with van der Waals surface area (Å²) in [4.78, 5) is 24.1. The number of allylic oxidation sites excluding steroid dienone is 1. The third kappa shape index (κ3) is 4.62. The predicted molar refractivity (Wildman–Crippen MR) is 137 cm³/mol. The number of ketones is 1. The SMILES string of the molecule is C[C@H]1[C@@H](OCCOc2ccc(/C=C/C(=O)c3ccco3)cc2)O[C@@H]2O[C@@]3(C)CC[C@H]4[C@H](C)CC[C@@H]1[C@@]24OO3. The first-order valence-electron chi connectivity index (χ1n) is 13.7. The molecule has 2 aromatic rings. The summed E-state index contributed by atoms with van der Waals surface area (Å²) in [5.74, 6) is 1.31. The van der Waals surface area contributed by atoms with E-state index in [-0.39, 0.29) is 17.6 Å². The zero-order valence-corrected chi connectivity index (χ0v) is 22.2. The first-order chi connectivity index (χ1) is 18.4. The van der Waals surface area contributed by atoms with Crippen molar-refractivity contribution in [3.63, 3.8) is 0 Å². The lowest BCUT2D eigenvalue weighted by Gasteiger charge is -2.60. The Morgan fingerprint density at radius 1 is 1.05 bits per heavy atom. The molecule has 204 valence electrons. The van der Waals surface area contributed by atoms with Crippen molar-refractivity contribution in [3.05, 3.63) is 60.1 Å². The molecule has 8 nitrogen and oxygen atoms in total. The molecule has 7 rings (SSSR count). The Kier molecular flexibility index (Phi) is 6.95. The molecule has 4 aliphatic heterocycles. The molecule has 5 heterocycles. The second-order valence-electron chi connectivity index (χ2n) is 11.2. The summed E-state index contributed by atoms with van der Waals surface area (Å²) < 4.78 is 30.1. The van der Waals surface area contributed by atoms with E-state index in [1.54, 1.807) is 18.2 Å². The predicted octanol–water partition coefficient (Wildman–Crippen LogP) is 5.78. The van der Waals surface area contributed by atoms with Gasteiger partial charge in [0.15, 0.2) is 23.9 Å². The Bertz CT molecular complexity index is 1140. The molecule has 0 unspecified atom stereocenters. The Labute approximate surface area is 223 Å². The van der Waals surface area contributed by atoms with Gasteiger partial charge in [0.2, 0.25) is 11.6 Å². The molecule has 5 fully saturated rings. The van der Waals surface area contributed by atoms with E-state index in [1.165, 1.54) is 12.3 Å². The van der Waals surface area contributed by atoms with Crippen LogP contribution in [-0.4, -0.2) is 43.0 Å². The highest BCUT2D eigenvalue weighted by Crippen LogP contribution is 2.60. The number of carbonyl (C=O) groups excluding carboxylic acids is 1. The fourth-order valence-electron chi connectivity index (χ4n) is 6.73. The van der Waals surface area contributed by atoms with Crippen LogP contribution in [0.15, 0.2) is 53.2 Å². The normalized spacial score (nSPS) is 38.1. The lowest BCUT2D eigenvalue weighted by Crippen LogP contribution is -2.70. The molecular formula is C30H36O8. The van der Waals surface area contributed by atoms with Crippen LogP contribution >= 0.6 is 0 Å². The van der Waals surface area contributed by atoms with Crippen LogP contribution in [0.25, 0.3) is 6.08 Å². The number of hydrogen-bond donors (Lipinski definition) is 0. The van der Waals surface area contributed by atoms with Gasteiger partial charge in [-0.1, -0.05) is 32.1 Å². The van der Waals surface area contributed by atoms with E-state index in [9.17, 15) is 4.79 Å². The number of rotatable bonds is 8. The molecule has 1 aromatic heterocycles. The number of furan rings is 1. The molecule has 4 saturated heterocycles. The van der Waals surface area contributed by atoms with E-state index in [1.807, 2.05) is 31.2 Å². The van der Waals surface area contributed by atoms with E-state index >= 15 is 0 Å². The zero-order valence-electron chi connectivity index (χ0n) is 22.2. The maximum atomic E-state index is 12.0. The van der Waals surface area contributed by atoms with Crippen molar-refractivity contribution in [2.45, 2.75) is 70.4 Å². The number of ether oxygens (including phenoxy) is 4. The van der Waals surface area contributed by atoms with Crippen molar-refractivity contribution >= 4 is 11.9 Å². The third-order valence-electron chi connectivity index (χ3n) is 8.80. The molecule has 0 N–H and O–H groups in total. The van der Waals surface area contributed by atoms with Crippen molar-refractivity contribution in [1.82, 2.24) is 0 Å². The quantitative estimate of drug-likeness (QED) is 0.186. The number of carbonyl (C=O) groups is 1. The van der Waals surface area contributed by atoms with E-state index in [0.717, 1.165) is 37.0 Å². The Balaban J connectivity index is 1.03. The molecule has 8 atom stereocenters. The van der Waals surface area contributed by atoms with E-state index in [2.05, 4.69) is 13.8 Å². The molecule has 38 heavy (non-hydrogen) atoms. The Hall–Kier alpha value is -2.49. The highest BCUT2D eigenvalue weighted by atomic mass is 17.3. The standard InChI is InChI=1S/C30H36O8/c1-19-6-12-24-20(2)27(35-28-30(24)23(19)14-15-29(3,36-28)37-38-30)34-18-17-32-22-10-7-21(8-11-22)9-13-25(31)26-5-4-16-33-26/h4-5,7-11,13,16,19-20,23-24,27-28H,6,12,14-15,17-18H2,1-3H3/b13-9+/t19-,20-,23+,24+,27+,28-,29-,30-/m1/s1. The second kappa shape index (κ2) is 10.2. The second-order valence-corrected chi connectivity index (χ2v) is 11.2. The zero-order chi connectivity index (χ0) is 26.3. The summed E-state index contributed by atoms with van der Waals surface area (Å²) in [6, 6.07) is 10.9. The van der Waals surface area contributed by atoms with E-state index in [0.29, 0.717) is 30.8 Å². The highest BCUT2D eigenvalue weighted by molar-refractivity contribution is 6.04. The van der Waals surface area contributed by atoms with E-state index < -0.39 is 24.0 Å². The van der Waals surface area contributed by atoms with Gasteiger partial charge >= 0.3 is 0 Å². The minimum Gasteiger partial charge on any atom is -0.491 e. The molecule has 1 aromatic carbocycles. The van der Waals surface area contributed by atoms with Gasteiger partial charge in [0.05, 0.1) is 12.9 Å². The van der Waals surface area contributed by atoms with Crippen LogP contribution in [0, 0.1) is 23.7 Å². The molecule has 5 aliphatic rings. The van der Waals surface area contributed by atoms with E-state index in [4.69, 9.17) is 33.1 Å². The number of hydrogen-bond acceptors (Lipinski definition) is 8. The van der Waals surface area contributed by atoms with Crippen LogP contribution in [0.1, 0.15) is 62.6 Å². The molecule has 8 heteroatoms. The minimum absolute atomic E-state index is 0.130. The number of fused-ring (bicyclic) bond motifs is 2. The minimum atomic E-state index is -0.792. The first kappa shape index (κ1) is 25.8. The topological polar surface area (TPSA) is 85.6 Å². The molecule has 1 aliphatic carbocycles. The van der Waals surface area contributed by atoms with Crippen molar-refractivity contribution in [2.75, 3.05) is 13.2 Å². The van der Waals surface area contributed by atoms with Crippen LogP contribution in [0.3, 0.4) is 0 Å². The van der Waals surface area contributed by atoms with Crippen LogP contribution in [0.5, 0.6) is 5.75 Å². The van der Waals surface area contributed by atoms with Crippen LogP contribution in [0.2, 0.25) is 0 Å². The smallest absolute Gasteiger partial charge is 0.221 e. The average molecular weight is 525 g/mol. The lowest BCUT2D eigenvalue weighted by molar-refractivity contribution is -0.577. The lowest BCUT2D eigenvalue weighted by atomic mass is 9.58. The Morgan fingerprint density at radius 3 is 2.68 bits per heavy atom. The molecule has 2 bridgehead atoms. The summed E-state index contributed by atoms with van der Waals surface area (Å²) in [6.45, 7) is 7.19. The van der Waals surface area contributed by atoms with Crippen molar-refractivity contribution in [1.29, 1.82) is 0 Å². The van der Waals surface area contributed by atoms with Crippen LogP contribution < -0.4 is 4.74 Å². The summed E-state index contributed by atoms with van der Waals surface area (Å²) in [5.41, 5.74) is 0.312. The highest BCUT2D eigenvalue weighted by Gasteiger charge is 2.69. The van der Waals surface area contributed by atoms with Gasteiger partial charge in [0.1, 0.15) is 12.4 Å². The molecule has 0 radical (unpaired) electrons. The van der Waals surface area contributed by atoms with Crippen LogP contribution in [-0.2, 0) is 24.0 Å². The van der Waals surface area contributed by atoms with Crippen molar-refractivity contribution in [2.24, 2.45) is 23.7 Å². The average Bonchev–Trinajstić information content (AvgIpc) is 3.37. The maximum Gasteiger partial charge on any atom is 0.221 e. The monoisotopic (exact) mass is 524 g/mol. The maximum absolute atomic E-state index is 12.0. The van der Waals surface area contributed by atoms with Gasteiger partial charge in [-0.3, -0.25) is 4.79 Å². The van der Waals surface area contributed by atoms with Crippen molar-refractivity contribution < 1.29 is 37.9 Å². The molecule has 0 amide bonds. The van der Waals surface area contributed by atoms with Gasteiger partial charge in [-0.25, -0.2) is 9.78 Å². The fourth-order valence-corrected chi connectivity index (χ4v) is 6.73. The van der Waals surface area contributed by atoms with Gasteiger partial charge < -0.3 is 23.4 Å². The van der Waals surface area contributed by atoms with Gasteiger partial charge in [-0.05, 0) is 73.9 Å². The van der Waals surface area contributed by atoms with Gasteiger partial charge in [-0.15, -0.1) is 0 Å². The largest absolute Gasteiger partial charge is 0.491 e. The summed E-state index contributed by atoms with van der Waals surface area (Å²) in [6.07, 6.45) is 7.81. The summed E-state index contributed by atoms with van der Waals surface area (Å²) >= 11 is 0. The van der Waals surface area contributed by atoms with Crippen molar-refractivity contribution in [3.8, 4) is 5.75 Å². The van der Waals surface area contributed by atoms with Gasteiger partial charge in [0, 0.05) is 18.3 Å². The molecular weight excluding hydrogens is 488 g/mol. The Morgan fingerprint density at radius 2 is 1.89 bits per heavy atom.